The second-order valence-corrected chi connectivity index (χ2v) is 11.5. The van der Waals surface area contributed by atoms with Crippen molar-refractivity contribution >= 4 is 30.0 Å². The van der Waals surface area contributed by atoms with Crippen LogP contribution in [0.5, 0.6) is 5.75 Å². The van der Waals surface area contributed by atoms with Crippen LogP contribution in [0.25, 0.3) is 0 Å². The van der Waals surface area contributed by atoms with Gasteiger partial charge in [0.25, 0.3) is 17.4 Å². The summed E-state index contributed by atoms with van der Waals surface area (Å²) in [7, 11) is 7.55. The third-order valence-electron chi connectivity index (χ3n) is 7.98. The van der Waals surface area contributed by atoms with Crippen molar-refractivity contribution in [3.63, 3.8) is 0 Å². The van der Waals surface area contributed by atoms with Crippen LogP contribution in [0.1, 0.15) is 53.1 Å². The molecule has 230 valence electrons. The third kappa shape index (κ3) is 5.99. The number of methoxy groups -OCH3 is 1. The Bertz CT molecular complexity index is 1560. The Morgan fingerprint density at radius 1 is 1.14 bits per heavy atom. The zero-order chi connectivity index (χ0) is 31.7. The number of aromatic nitrogens is 2. The first kappa shape index (κ1) is 31.3. The van der Waals surface area contributed by atoms with Gasteiger partial charge in [0.1, 0.15) is 11.6 Å². The maximum atomic E-state index is 13.9. The van der Waals surface area contributed by atoms with Crippen LogP contribution < -0.4 is 20.9 Å². The first-order valence-corrected chi connectivity index (χ1v) is 13.7. The molecule has 0 spiro atoms. The summed E-state index contributed by atoms with van der Waals surface area (Å²) < 4.78 is 20.3. The van der Waals surface area contributed by atoms with Crippen molar-refractivity contribution in [3.05, 3.63) is 57.0 Å². The molecule has 3 aliphatic rings. The molecule has 43 heavy (non-hydrogen) atoms. The Morgan fingerprint density at radius 2 is 1.81 bits per heavy atom. The van der Waals surface area contributed by atoms with Crippen LogP contribution in [0.2, 0.25) is 0 Å². The van der Waals surface area contributed by atoms with E-state index in [1.165, 1.54) is 44.2 Å². The minimum Gasteiger partial charge on any atom is -0.489 e. The minimum absolute atomic E-state index is 0.0178. The van der Waals surface area contributed by atoms with Gasteiger partial charge in [-0.1, -0.05) is 12.1 Å². The molecule has 0 unspecified atom stereocenters. The zero-order valence-corrected chi connectivity index (χ0v) is 25.1. The Balaban J connectivity index is 1.82. The average molecular weight is 598 g/mol. The van der Waals surface area contributed by atoms with E-state index < -0.39 is 40.1 Å². The molecule has 14 heteroatoms. The Hall–Kier alpha value is -4.62. The number of carbonyl (C=O) groups excluding carboxylic acids is 4. The lowest BCUT2D eigenvalue weighted by atomic mass is 9.68. The number of ether oxygens (including phenoxy) is 1. The summed E-state index contributed by atoms with van der Waals surface area (Å²) >= 11 is 0. The lowest BCUT2D eigenvalue weighted by molar-refractivity contribution is -0.146. The predicted octanol–water partition coefficient (Wildman–Crippen LogP) is 0.720. The quantitative estimate of drug-likeness (QED) is 0.269. The van der Waals surface area contributed by atoms with Gasteiger partial charge in [0.15, 0.2) is 5.69 Å². The molecule has 0 atom stereocenters. The van der Waals surface area contributed by atoms with Crippen molar-refractivity contribution in [1.29, 1.82) is 0 Å². The van der Waals surface area contributed by atoms with Crippen molar-refractivity contribution in [2.45, 2.75) is 51.2 Å². The van der Waals surface area contributed by atoms with Crippen LogP contribution in [-0.2, 0) is 33.0 Å². The van der Waals surface area contributed by atoms with Crippen LogP contribution >= 0.6 is 0 Å². The summed E-state index contributed by atoms with van der Waals surface area (Å²) in [5.74, 6) is -3.56. The smallest absolute Gasteiger partial charge is 0.311 e. The molecule has 0 saturated heterocycles. The first-order chi connectivity index (χ1) is 20.2. The van der Waals surface area contributed by atoms with Gasteiger partial charge in [-0.2, -0.15) is 0 Å². The number of nitrogens with one attached hydrogen (secondary N) is 2. The van der Waals surface area contributed by atoms with Crippen LogP contribution in [0.3, 0.4) is 0 Å². The molecule has 4 amide bonds. The van der Waals surface area contributed by atoms with Crippen molar-refractivity contribution in [2.75, 3.05) is 35.3 Å². The molecule has 2 bridgehead atoms. The first-order valence-electron chi connectivity index (χ1n) is 13.7. The molecule has 1 aliphatic carbocycles. The number of nitrogens with zero attached hydrogens (tertiary/aromatic N) is 5. The number of halogens is 1. The minimum atomic E-state index is -1.33. The van der Waals surface area contributed by atoms with Crippen molar-refractivity contribution in [2.24, 2.45) is 10.4 Å². The molecule has 1 aromatic carbocycles. The molecule has 2 N–H and O–H groups in total. The number of hydrogen-bond acceptors (Lipinski definition) is 7. The molecule has 1 aromatic heterocycles. The van der Waals surface area contributed by atoms with Crippen molar-refractivity contribution in [1.82, 2.24) is 30.0 Å². The number of amides is 4. The summed E-state index contributed by atoms with van der Waals surface area (Å²) in [6.45, 7) is 1.51. The number of likely N-dealkylation sites (N-methyl/N-ethyl adjacent to an activating group) is 1. The molecular weight excluding hydrogens is 561 g/mol. The van der Waals surface area contributed by atoms with Crippen LogP contribution in [0.15, 0.2) is 28.0 Å². The lowest BCUT2D eigenvalue weighted by Crippen LogP contribution is -2.54. The summed E-state index contributed by atoms with van der Waals surface area (Å²) in [6.07, 6.45) is 2.20. The molecule has 0 radical (unpaired) electrons. The van der Waals surface area contributed by atoms with E-state index >= 15 is 0 Å². The molecule has 13 nitrogen and oxygen atoms in total. The molecule has 1 fully saturated rings. The van der Waals surface area contributed by atoms with Crippen LogP contribution in [-0.4, -0.2) is 84.6 Å². The van der Waals surface area contributed by atoms with E-state index in [0.717, 1.165) is 4.90 Å². The van der Waals surface area contributed by atoms with Gasteiger partial charge >= 0.3 is 11.8 Å². The zero-order valence-electron chi connectivity index (χ0n) is 25.1. The summed E-state index contributed by atoms with van der Waals surface area (Å²) in [5, 5.41) is 5.48. The summed E-state index contributed by atoms with van der Waals surface area (Å²) in [4.78, 5) is 77.8. The maximum Gasteiger partial charge on any atom is 0.311 e. The van der Waals surface area contributed by atoms with Crippen molar-refractivity contribution in [3.8, 4) is 5.75 Å². The molecule has 2 aliphatic heterocycles. The molecule has 3 heterocycles. The number of carbonyl (C=O) groups is 4. The van der Waals surface area contributed by atoms with E-state index in [1.807, 2.05) is 0 Å². The SMILES string of the molecule is COc1c(C(=O)NCc2ccc(F)c(C)c2)nc2n(c1=O)CC1(C(=O)/N=C/N(C)C)CCC2(NC(=O)C(=O)N(C)C)CC1. The fraction of sp³-hybridized carbons (Fsp3) is 0.483. The van der Waals surface area contributed by atoms with E-state index in [1.54, 1.807) is 32.0 Å². The fourth-order valence-corrected chi connectivity index (χ4v) is 5.55. The van der Waals surface area contributed by atoms with Gasteiger partial charge in [-0.3, -0.25) is 28.5 Å². The van der Waals surface area contributed by atoms with E-state index in [4.69, 9.17) is 4.74 Å². The van der Waals surface area contributed by atoms with Gasteiger partial charge in [-0.05, 0) is 49.8 Å². The number of fused-ring (bicyclic) bond motifs is 2. The standard InChI is InChI=1S/C29H36FN7O6/c1-17-13-18(7-8-19(17)30)14-31-22(38)20-21(43-6)24(40)37-15-28(27(42)32-16-35(2)3)9-11-29(12-10-28,26(37)33-20)34-23(39)25(41)36(4)5/h7-8,13,16H,9-12,14-15H2,1-6H3,(H,31,38)(H,34,39)/b32-16+. The third-order valence-corrected chi connectivity index (χ3v) is 7.98. The highest BCUT2D eigenvalue weighted by Crippen LogP contribution is 2.50. The Labute approximate surface area is 248 Å². The Kier molecular flexibility index (Phi) is 8.69. The second-order valence-electron chi connectivity index (χ2n) is 11.5. The van der Waals surface area contributed by atoms with Crippen molar-refractivity contribution < 1.29 is 28.3 Å². The fourth-order valence-electron chi connectivity index (χ4n) is 5.55. The number of hydrogen-bond donors (Lipinski definition) is 2. The normalized spacial score (nSPS) is 20.6. The van der Waals surface area contributed by atoms with E-state index in [9.17, 15) is 28.4 Å². The highest BCUT2D eigenvalue weighted by atomic mass is 19.1. The lowest BCUT2D eigenvalue weighted by Gasteiger charge is -2.40. The van der Waals surface area contributed by atoms with Gasteiger partial charge in [-0.15, -0.1) is 0 Å². The highest BCUT2D eigenvalue weighted by Gasteiger charge is 2.55. The molecule has 1 saturated carbocycles. The van der Waals surface area contributed by atoms with Gasteiger partial charge in [0.2, 0.25) is 5.75 Å². The number of benzene rings is 1. The highest BCUT2D eigenvalue weighted by molar-refractivity contribution is 6.35. The number of aryl methyl sites for hydroxylation is 1. The Morgan fingerprint density at radius 3 is 2.40 bits per heavy atom. The van der Waals surface area contributed by atoms with Crippen LogP contribution in [0.4, 0.5) is 4.39 Å². The largest absolute Gasteiger partial charge is 0.489 e. The molecular formula is C29H36FN7O6. The van der Waals surface area contributed by atoms with Gasteiger partial charge in [0.05, 0.1) is 24.4 Å². The molecule has 2 aromatic rings. The van der Waals surface area contributed by atoms with E-state index in [2.05, 4.69) is 20.6 Å². The molecule has 5 rings (SSSR count). The van der Waals surface area contributed by atoms with Gasteiger partial charge in [-0.25, -0.2) is 14.4 Å². The van der Waals surface area contributed by atoms with Gasteiger partial charge in [0, 0.05) is 41.3 Å². The maximum absolute atomic E-state index is 13.9. The second kappa shape index (κ2) is 11.9. The predicted molar refractivity (Wildman–Crippen MR) is 154 cm³/mol. The summed E-state index contributed by atoms with van der Waals surface area (Å²) in [5.41, 5.74) is -2.42. The number of rotatable bonds is 7. The monoisotopic (exact) mass is 597 g/mol. The number of aliphatic imine (C=N–C) groups is 1. The summed E-state index contributed by atoms with van der Waals surface area (Å²) in [6, 6.07) is 4.41. The average Bonchev–Trinajstić information content (AvgIpc) is 3.19. The van der Waals surface area contributed by atoms with Gasteiger partial charge < -0.3 is 25.2 Å². The van der Waals surface area contributed by atoms with E-state index in [0.29, 0.717) is 11.1 Å². The topological polar surface area (TPSA) is 155 Å². The van der Waals surface area contributed by atoms with Crippen LogP contribution in [0, 0.1) is 18.2 Å². The van der Waals surface area contributed by atoms with E-state index in [-0.39, 0.29) is 61.9 Å².